The van der Waals surface area contributed by atoms with Crippen LogP contribution in [0.1, 0.15) is 20.3 Å². The molecule has 1 radical (unpaired) electrons. The highest BCUT2D eigenvalue weighted by molar-refractivity contribution is 6.69. The van der Waals surface area contributed by atoms with Gasteiger partial charge in [-0.1, -0.05) is 18.5 Å². The molecule has 3 heteroatoms. The van der Waals surface area contributed by atoms with Crippen molar-refractivity contribution in [2.75, 3.05) is 0 Å². The molecule has 1 aliphatic rings. The average molecular weight is 144 g/mol. The van der Waals surface area contributed by atoms with Crippen molar-refractivity contribution in [1.82, 2.24) is 5.43 Å². The van der Waals surface area contributed by atoms with Crippen LogP contribution in [-0.4, -0.2) is 5.17 Å². The Bertz CT molecular complexity index is 181. The number of rotatable bonds is 1. The van der Waals surface area contributed by atoms with Crippen molar-refractivity contribution in [3.8, 4) is 0 Å². The Hall–Kier alpha value is -0.500. The van der Waals surface area contributed by atoms with Crippen LogP contribution in [0.15, 0.2) is 16.4 Å². The molecule has 9 heavy (non-hydrogen) atoms. The molecular weight excluding hydrogens is 136 g/mol. The molecule has 0 fully saturated rings. The first-order valence-electron chi connectivity index (χ1n) is 2.90. The molecule has 0 aromatic heterocycles. The van der Waals surface area contributed by atoms with E-state index >= 15 is 0 Å². The predicted octanol–water partition coefficient (Wildman–Crippen LogP) is 1.84. The smallest absolute Gasteiger partial charge is 0.154 e. The van der Waals surface area contributed by atoms with Crippen LogP contribution in [0.3, 0.4) is 0 Å². The maximum atomic E-state index is 5.67. The van der Waals surface area contributed by atoms with E-state index in [1.54, 1.807) is 0 Å². The van der Waals surface area contributed by atoms with Gasteiger partial charge in [-0.15, -0.1) is 5.10 Å². The van der Waals surface area contributed by atoms with Crippen molar-refractivity contribution in [3.63, 3.8) is 0 Å². The van der Waals surface area contributed by atoms with Crippen LogP contribution in [0.2, 0.25) is 0 Å². The molecule has 2 nitrogen and oxygen atoms in total. The molecule has 0 aliphatic carbocycles. The van der Waals surface area contributed by atoms with E-state index in [0.29, 0.717) is 5.17 Å². The standard InChI is InChI=1S/C6H8ClN2/c1-3-5-4(2)8-9-6(5)7/h3H2,1-2H3. The molecule has 0 N–H and O–H groups in total. The van der Waals surface area contributed by atoms with Crippen molar-refractivity contribution < 1.29 is 0 Å². The molecule has 1 heterocycles. The Morgan fingerprint density at radius 3 is 2.44 bits per heavy atom. The number of nitrogens with zero attached hydrogens (tertiary/aromatic N) is 2. The van der Waals surface area contributed by atoms with Gasteiger partial charge in [0.1, 0.15) is 0 Å². The van der Waals surface area contributed by atoms with Gasteiger partial charge in [-0.2, -0.15) is 5.43 Å². The van der Waals surface area contributed by atoms with Crippen molar-refractivity contribution in [1.29, 1.82) is 0 Å². The van der Waals surface area contributed by atoms with Crippen molar-refractivity contribution in [2.24, 2.45) is 5.10 Å². The maximum absolute atomic E-state index is 5.67. The first kappa shape index (κ1) is 6.62. The summed E-state index contributed by atoms with van der Waals surface area (Å²) in [6.45, 7) is 3.95. The highest BCUT2D eigenvalue weighted by atomic mass is 35.5. The number of allylic oxidation sites excluding steroid dienone is 2. The van der Waals surface area contributed by atoms with Crippen molar-refractivity contribution >= 4 is 16.8 Å². The summed E-state index contributed by atoms with van der Waals surface area (Å²) >= 11 is 5.67. The highest BCUT2D eigenvalue weighted by Crippen LogP contribution is 2.17. The fourth-order valence-electron chi connectivity index (χ4n) is 0.791. The molecule has 1 rings (SSSR count). The predicted molar refractivity (Wildman–Crippen MR) is 38.4 cm³/mol. The Morgan fingerprint density at radius 1 is 1.56 bits per heavy atom. The zero-order chi connectivity index (χ0) is 6.85. The molecule has 49 valence electrons. The lowest BCUT2D eigenvalue weighted by atomic mass is 10.2. The molecular formula is C6H8ClN2. The van der Waals surface area contributed by atoms with E-state index in [4.69, 9.17) is 11.6 Å². The zero-order valence-corrected chi connectivity index (χ0v) is 6.24. The van der Waals surface area contributed by atoms with Gasteiger partial charge in [-0.05, 0) is 13.3 Å². The summed E-state index contributed by atoms with van der Waals surface area (Å²) in [7, 11) is 0. The molecule has 0 atom stereocenters. The maximum Gasteiger partial charge on any atom is 0.156 e. The Balaban J connectivity index is 2.83. The van der Waals surface area contributed by atoms with Crippen LogP contribution < -0.4 is 5.43 Å². The van der Waals surface area contributed by atoms with Gasteiger partial charge in [0.05, 0.1) is 5.70 Å². The van der Waals surface area contributed by atoms with Crippen LogP contribution >= 0.6 is 11.6 Å². The fraction of sp³-hybridized carbons (Fsp3) is 0.500. The first-order valence-corrected chi connectivity index (χ1v) is 3.27. The van der Waals surface area contributed by atoms with E-state index in [2.05, 4.69) is 10.5 Å². The van der Waals surface area contributed by atoms with E-state index in [1.807, 2.05) is 13.8 Å². The minimum Gasteiger partial charge on any atom is -0.154 e. The molecule has 1 aliphatic heterocycles. The number of hydrogen-bond acceptors (Lipinski definition) is 1. The summed E-state index contributed by atoms with van der Waals surface area (Å²) in [5, 5.41) is 4.25. The van der Waals surface area contributed by atoms with Crippen LogP contribution in [0.5, 0.6) is 0 Å². The van der Waals surface area contributed by atoms with Crippen LogP contribution in [0.4, 0.5) is 0 Å². The lowest BCUT2D eigenvalue weighted by molar-refractivity contribution is 0.885. The van der Waals surface area contributed by atoms with Crippen LogP contribution in [0, 0.1) is 0 Å². The van der Waals surface area contributed by atoms with Crippen molar-refractivity contribution in [2.45, 2.75) is 20.3 Å². The van der Waals surface area contributed by atoms with Gasteiger partial charge in [-0.3, -0.25) is 0 Å². The second kappa shape index (κ2) is 2.40. The van der Waals surface area contributed by atoms with E-state index < -0.39 is 0 Å². The number of halogens is 1. The van der Waals surface area contributed by atoms with Gasteiger partial charge in [0.25, 0.3) is 0 Å². The quantitative estimate of drug-likeness (QED) is 0.536. The first-order chi connectivity index (χ1) is 4.25. The Kier molecular flexibility index (Phi) is 1.76. The third-order valence-corrected chi connectivity index (χ3v) is 1.63. The van der Waals surface area contributed by atoms with E-state index in [0.717, 1.165) is 17.7 Å². The minimum absolute atomic E-state index is 0.551. The summed E-state index contributed by atoms with van der Waals surface area (Å²) in [5.41, 5.74) is 5.82. The summed E-state index contributed by atoms with van der Waals surface area (Å²) < 4.78 is 0. The molecule has 0 amide bonds. The Morgan fingerprint density at radius 2 is 2.22 bits per heavy atom. The minimum atomic E-state index is 0.551. The molecule has 0 bridgehead atoms. The lowest BCUT2D eigenvalue weighted by Crippen LogP contribution is -1.89. The summed E-state index contributed by atoms with van der Waals surface area (Å²) in [4.78, 5) is 0. The molecule has 0 spiro atoms. The van der Waals surface area contributed by atoms with Gasteiger partial charge in [-0.25, -0.2) is 0 Å². The van der Waals surface area contributed by atoms with E-state index in [1.165, 1.54) is 0 Å². The van der Waals surface area contributed by atoms with E-state index in [9.17, 15) is 0 Å². The third kappa shape index (κ3) is 1.08. The SMILES string of the molecule is CCC1=C(C)[N]N=C1Cl. The largest absolute Gasteiger partial charge is 0.156 e. The normalized spacial score (nSPS) is 17.9. The number of hydrogen-bond donors (Lipinski definition) is 0. The fourth-order valence-corrected chi connectivity index (χ4v) is 1.10. The molecule has 0 aromatic rings. The van der Waals surface area contributed by atoms with Crippen LogP contribution in [-0.2, 0) is 0 Å². The topological polar surface area (TPSA) is 26.5 Å². The monoisotopic (exact) mass is 143 g/mol. The molecule has 0 unspecified atom stereocenters. The van der Waals surface area contributed by atoms with Gasteiger partial charge in [0.15, 0.2) is 5.17 Å². The molecule has 0 aromatic carbocycles. The van der Waals surface area contributed by atoms with Crippen molar-refractivity contribution in [3.05, 3.63) is 11.3 Å². The zero-order valence-electron chi connectivity index (χ0n) is 5.48. The van der Waals surface area contributed by atoms with Crippen LogP contribution in [0.25, 0.3) is 0 Å². The highest BCUT2D eigenvalue weighted by Gasteiger charge is 2.13. The molecule has 0 saturated carbocycles. The van der Waals surface area contributed by atoms with Gasteiger partial charge in [0.2, 0.25) is 0 Å². The lowest BCUT2D eigenvalue weighted by Gasteiger charge is -1.92. The van der Waals surface area contributed by atoms with Gasteiger partial charge >= 0.3 is 0 Å². The molecule has 0 saturated heterocycles. The average Bonchev–Trinajstić information content (AvgIpc) is 2.12. The third-order valence-electron chi connectivity index (χ3n) is 1.33. The summed E-state index contributed by atoms with van der Waals surface area (Å²) in [5.74, 6) is 0. The van der Waals surface area contributed by atoms with Gasteiger partial charge in [0, 0.05) is 5.57 Å². The Labute approximate surface area is 59.6 Å². The summed E-state index contributed by atoms with van der Waals surface area (Å²) in [6, 6.07) is 0. The van der Waals surface area contributed by atoms with E-state index in [-0.39, 0.29) is 0 Å². The van der Waals surface area contributed by atoms with Gasteiger partial charge < -0.3 is 0 Å². The second-order valence-corrected chi connectivity index (χ2v) is 2.27. The summed E-state index contributed by atoms with van der Waals surface area (Å²) in [6.07, 6.45) is 0.914. The second-order valence-electron chi connectivity index (χ2n) is 1.91.